The molecule has 3 amide bonds. The third-order valence-corrected chi connectivity index (χ3v) is 7.30. The second kappa shape index (κ2) is 7.33. The molecule has 0 saturated carbocycles. The van der Waals surface area contributed by atoms with E-state index in [1.165, 1.54) is 4.90 Å². The van der Waals surface area contributed by atoms with Gasteiger partial charge in [0.15, 0.2) is 0 Å². The highest BCUT2D eigenvalue weighted by Gasteiger charge is 2.72. The van der Waals surface area contributed by atoms with E-state index < -0.39 is 41.3 Å². The molecule has 2 fully saturated rings. The monoisotopic (exact) mass is 498 g/mol. The fourth-order valence-electron chi connectivity index (χ4n) is 5.39. The van der Waals surface area contributed by atoms with Crippen molar-refractivity contribution in [3.05, 3.63) is 58.1 Å². The summed E-state index contributed by atoms with van der Waals surface area (Å²) in [7, 11) is 0. The molecule has 8 heteroatoms. The van der Waals surface area contributed by atoms with Crippen LogP contribution in [-0.4, -0.2) is 41.6 Å². The van der Waals surface area contributed by atoms with Crippen LogP contribution < -0.4 is 9.64 Å². The SMILES string of the molecule is CCOC(=O)C1[C@H]2COc3ccc(Br)cc3[C@@H]2N2C(=O)N(c3ccc(C)cc3)C(=O)[C@]12C. The van der Waals surface area contributed by atoms with E-state index in [1.54, 1.807) is 30.9 Å². The second-order valence-corrected chi connectivity index (χ2v) is 9.52. The summed E-state index contributed by atoms with van der Waals surface area (Å²) in [6, 6.07) is 11.9. The van der Waals surface area contributed by atoms with Gasteiger partial charge in [-0.05, 0) is 51.1 Å². The fourth-order valence-corrected chi connectivity index (χ4v) is 5.77. The lowest BCUT2D eigenvalue weighted by atomic mass is 9.77. The first kappa shape index (κ1) is 21.0. The Kier molecular flexibility index (Phi) is 4.81. The number of hydrogen-bond donors (Lipinski definition) is 0. The molecule has 3 aliphatic heterocycles. The predicted molar refractivity (Wildman–Crippen MR) is 120 cm³/mol. The zero-order valence-electron chi connectivity index (χ0n) is 18.0. The molecule has 3 heterocycles. The predicted octanol–water partition coefficient (Wildman–Crippen LogP) is 4.23. The molecule has 4 atom stereocenters. The standard InChI is InChI=1S/C24H23BrN2O5/c1-4-31-21(28)19-17-12-32-18-10-7-14(25)11-16(18)20(17)27-23(30)26(22(29)24(19,27)3)15-8-5-13(2)6-9-15/h5-11,17,19-20H,4,12H2,1-3H3/t17-,19?,20+,24+/m1/s1. The van der Waals surface area contributed by atoms with Crippen LogP contribution in [0.15, 0.2) is 46.9 Å². The van der Waals surface area contributed by atoms with Gasteiger partial charge < -0.3 is 14.4 Å². The molecular formula is C24H23BrN2O5. The van der Waals surface area contributed by atoms with Crippen molar-refractivity contribution in [1.82, 2.24) is 4.90 Å². The van der Waals surface area contributed by atoms with Crippen molar-refractivity contribution in [2.75, 3.05) is 18.1 Å². The van der Waals surface area contributed by atoms with Gasteiger partial charge in [-0.15, -0.1) is 0 Å². The number of ether oxygens (including phenoxy) is 2. The Hall–Kier alpha value is -2.87. The molecule has 0 spiro atoms. The Morgan fingerprint density at radius 2 is 1.94 bits per heavy atom. The number of hydrogen-bond acceptors (Lipinski definition) is 5. The quantitative estimate of drug-likeness (QED) is 0.467. The zero-order chi connectivity index (χ0) is 22.8. The molecule has 7 nitrogen and oxygen atoms in total. The van der Waals surface area contributed by atoms with Gasteiger partial charge >= 0.3 is 12.0 Å². The molecule has 3 aliphatic rings. The Morgan fingerprint density at radius 1 is 1.22 bits per heavy atom. The van der Waals surface area contributed by atoms with Gasteiger partial charge in [-0.1, -0.05) is 33.6 Å². The van der Waals surface area contributed by atoms with Crippen LogP contribution in [0.5, 0.6) is 5.75 Å². The topological polar surface area (TPSA) is 76.2 Å². The first-order valence-corrected chi connectivity index (χ1v) is 11.4. The normalized spacial score (nSPS) is 28.2. The molecule has 2 saturated heterocycles. The highest BCUT2D eigenvalue weighted by Crippen LogP contribution is 2.58. The maximum Gasteiger partial charge on any atom is 0.332 e. The van der Waals surface area contributed by atoms with Crippen LogP contribution in [0.1, 0.15) is 31.0 Å². The van der Waals surface area contributed by atoms with E-state index in [0.717, 1.165) is 15.6 Å². The fraction of sp³-hybridized carbons (Fsp3) is 0.375. The Labute approximate surface area is 194 Å². The second-order valence-electron chi connectivity index (χ2n) is 8.61. The van der Waals surface area contributed by atoms with Crippen LogP contribution in [0, 0.1) is 18.8 Å². The summed E-state index contributed by atoms with van der Waals surface area (Å²) in [6.07, 6.45) is 0. The maximum atomic E-state index is 13.9. The third kappa shape index (κ3) is 2.75. The average Bonchev–Trinajstić information content (AvgIpc) is 3.14. The Balaban J connectivity index is 1.69. The number of aryl methyl sites for hydroxylation is 1. The van der Waals surface area contributed by atoms with E-state index in [2.05, 4.69) is 15.9 Å². The first-order chi connectivity index (χ1) is 15.3. The number of nitrogens with zero attached hydrogens (tertiary/aromatic N) is 2. The molecule has 166 valence electrons. The Morgan fingerprint density at radius 3 is 2.62 bits per heavy atom. The molecular weight excluding hydrogens is 476 g/mol. The van der Waals surface area contributed by atoms with Crippen LogP contribution >= 0.6 is 15.9 Å². The lowest BCUT2D eigenvalue weighted by molar-refractivity contribution is -0.154. The number of fused-ring (bicyclic) bond motifs is 5. The molecule has 0 aromatic heterocycles. The zero-order valence-corrected chi connectivity index (χ0v) is 19.6. The van der Waals surface area contributed by atoms with E-state index in [9.17, 15) is 14.4 Å². The minimum Gasteiger partial charge on any atom is -0.493 e. The number of amides is 3. The molecule has 5 rings (SSSR count). The molecule has 2 aromatic carbocycles. The van der Waals surface area contributed by atoms with Gasteiger partial charge in [0.05, 0.1) is 30.9 Å². The van der Waals surface area contributed by atoms with E-state index in [0.29, 0.717) is 11.4 Å². The minimum absolute atomic E-state index is 0.190. The van der Waals surface area contributed by atoms with Gasteiger partial charge in [-0.25, -0.2) is 9.69 Å². The maximum absolute atomic E-state index is 13.9. The number of esters is 1. The largest absolute Gasteiger partial charge is 0.493 e. The van der Waals surface area contributed by atoms with Crippen molar-refractivity contribution in [2.24, 2.45) is 11.8 Å². The molecule has 0 radical (unpaired) electrons. The van der Waals surface area contributed by atoms with Gasteiger partial charge in [0, 0.05) is 16.0 Å². The molecule has 32 heavy (non-hydrogen) atoms. The molecule has 0 aliphatic carbocycles. The van der Waals surface area contributed by atoms with E-state index >= 15 is 0 Å². The van der Waals surface area contributed by atoms with Gasteiger partial charge in [0.2, 0.25) is 0 Å². The number of benzene rings is 2. The van der Waals surface area contributed by atoms with Crippen molar-refractivity contribution in [3.63, 3.8) is 0 Å². The van der Waals surface area contributed by atoms with Gasteiger partial charge in [0.25, 0.3) is 5.91 Å². The summed E-state index contributed by atoms with van der Waals surface area (Å²) >= 11 is 3.50. The summed E-state index contributed by atoms with van der Waals surface area (Å²) in [5, 5.41) is 0. The summed E-state index contributed by atoms with van der Waals surface area (Å²) in [6.45, 7) is 5.76. The van der Waals surface area contributed by atoms with Crippen LogP contribution in [0.3, 0.4) is 0 Å². The van der Waals surface area contributed by atoms with E-state index in [4.69, 9.17) is 9.47 Å². The summed E-state index contributed by atoms with van der Waals surface area (Å²) in [4.78, 5) is 43.6. The number of rotatable bonds is 3. The number of urea groups is 1. The van der Waals surface area contributed by atoms with Crippen molar-refractivity contribution in [3.8, 4) is 5.75 Å². The number of anilines is 1. The Bertz CT molecular complexity index is 1130. The number of halogens is 1. The van der Waals surface area contributed by atoms with Crippen LogP contribution in [0.25, 0.3) is 0 Å². The lowest BCUT2D eigenvalue weighted by Crippen LogP contribution is -2.51. The highest BCUT2D eigenvalue weighted by molar-refractivity contribution is 9.10. The number of carbonyl (C=O) groups excluding carboxylic acids is 3. The van der Waals surface area contributed by atoms with Gasteiger partial charge in [-0.2, -0.15) is 0 Å². The third-order valence-electron chi connectivity index (χ3n) is 6.81. The average molecular weight is 499 g/mol. The van der Waals surface area contributed by atoms with Crippen molar-refractivity contribution in [1.29, 1.82) is 0 Å². The van der Waals surface area contributed by atoms with Gasteiger partial charge in [0.1, 0.15) is 11.3 Å². The first-order valence-electron chi connectivity index (χ1n) is 10.6. The smallest absolute Gasteiger partial charge is 0.332 e. The van der Waals surface area contributed by atoms with E-state index in [1.807, 2.05) is 37.3 Å². The molecule has 2 aromatic rings. The number of imide groups is 1. The highest BCUT2D eigenvalue weighted by atomic mass is 79.9. The summed E-state index contributed by atoms with van der Waals surface area (Å²) in [5.41, 5.74) is 0.909. The van der Waals surface area contributed by atoms with Crippen LogP contribution in [0.2, 0.25) is 0 Å². The van der Waals surface area contributed by atoms with Crippen LogP contribution in [0.4, 0.5) is 10.5 Å². The molecule has 0 N–H and O–H groups in total. The van der Waals surface area contributed by atoms with Crippen LogP contribution in [-0.2, 0) is 14.3 Å². The molecule has 0 bridgehead atoms. The summed E-state index contributed by atoms with van der Waals surface area (Å²) < 4.78 is 12.2. The lowest BCUT2D eigenvalue weighted by Gasteiger charge is -2.34. The molecule has 1 unspecified atom stereocenters. The summed E-state index contributed by atoms with van der Waals surface area (Å²) in [5.74, 6) is -1.49. The minimum atomic E-state index is -1.38. The van der Waals surface area contributed by atoms with Crippen molar-refractivity contribution >= 4 is 39.5 Å². The van der Waals surface area contributed by atoms with E-state index in [-0.39, 0.29) is 13.2 Å². The number of carbonyl (C=O) groups is 3. The van der Waals surface area contributed by atoms with Crippen molar-refractivity contribution < 1.29 is 23.9 Å². The van der Waals surface area contributed by atoms with Gasteiger partial charge in [-0.3, -0.25) is 9.59 Å². The van der Waals surface area contributed by atoms with Crippen molar-refractivity contribution in [2.45, 2.75) is 32.4 Å².